The van der Waals surface area contributed by atoms with Crippen LogP contribution in [0.4, 0.5) is 5.69 Å². The molecule has 2 aromatic carbocycles. The van der Waals surface area contributed by atoms with E-state index in [1.54, 1.807) is 7.11 Å². The predicted octanol–water partition coefficient (Wildman–Crippen LogP) is 5.44. The molecule has 0 aliphatic heterocycles. The van der Waals surface area contributed by atoms with E-state index < -0.39 is 6.10 Å². The molecule has 168 valence electrons. The second-order valence-electron chi connectivity index (χ2n) is 9.07. The molecule has 6 heteroatoms. The highest BCUT2D eigenvalue weighted by Crippen LogP contribution is 2.34. The third-order valence-electron chi connectivity index (χ3n) is 5.17. The molecule has 31 heavy (non-hydrogen) atoms. The summed E-state index contributed by atoms with van der Waals surface area (Å²) < 4.78 is 5.43. The Kier molecular flexibility index (Phi) is 7.98. The van der Waals surface area contributed by atoms with Crippen molar-refractivity contribution in [3.63, 3.8) is 0 Å². The average Bonchev–Trinajstić information content (AvgIpc) is 2.69. The maximum absolute atomic E-state index is 10.8. The SMILES string of the molecule is COc1ccc2nc3cc(Cl)ccc3c(NCC(O)CN(CC(C)C)CC(C)C)c2c1. The van der Waals surface area contributed by atoms with E-state index >= 15 is 0 Å². The van der Waals surface area contributed by atoms with Crippen LogP contribution in [0, 0.1) is 11.8 Å². The van der Waals surface area contributed by atoms with E-state index in [1.165, 1.54) is 0 Å². The van der Waals surface area contributed by atoms with E-state index in [4.69, 9.17) is 21.3 Å². The van der Waals surface area contributed by atoms with Crippen molar-refractivity contribution in [1.82, 2.24) is 9.88 Å². The van der Waals surface area contributed by atoms with E-state index in [-0.39, 0.29) is 0 Å². The zero-order valence-electron chi connectivity index (χ0n) is 19.2. The summed E-state index contributed by atoms with van der Waals surface area (Å²) in [6, 6.07) is 11.5. The molecule has 5 nitrogen and oxygen atoms in total. The van der Waals surface area contributed by atoms with Gasteiger partial charge in [-0.1, -0.05) is 39.3 Å². The number of methoxy groups -OCH3 is 1. The zero-order valence-corrected chi connectivity index (χ0v) is 19.9. The lowest BCUT2D eigenvalue weighted by atomic mass is 10.1. The topological polar surface area (TPSA) is 57.6 Å². The Hall–Kier alpha value is -2.08. The van der Waals surface area contributed by atoms with Gasteiger partial charge in [0.25, 0.3) is 0 Å². The lowest BCUT2D eigenvalue weighted by Crippen LogP contribution is -2.40. The van der Waals surface area contributed by atoms with Crippen LogP contribution in [0.2, 0.25) is 5.02 Å². The molecule has 3 rings (SSSR count). The molecule has 1 aromatic heterocycles. The Balaban J connectivity index is 1.88. The number of pyridine rings is 1. The van der Waals surface area contributed by atoms with Crippen LogP contribution in [-0.2, 0) is 0 Å². The van der Waals surface area contributed by atoms with Gasteiger partial charge in [-0.05, 0) is 48.2 Å². The molecule has 0 bridgehead atoms. The van der Waals surface area contributed by atoms with Gasteiger partial charge >= 0.3 is 0 Å². The van der Waals surface area contributed by atoms with Crippen LogP contribution < -0.4 is 10.1 Å². The molecule has 1 atom stereocenters. The number of ether oxygens (including phenoxy) is 1. The quantitative estimate of drug-likeness (QED) is 0.409. The molecule has 0 saturated heterocycles. The fourth-order valence-corrected chi connectivity index (χ4v) is 4.22. The Bertz CT molecular complexity index is 1010. The van der Waals surface area contributed by atoms with Gasteiger partial charge in [-0.2, -0.15) is 0 Å². The van der Waals surface area contributed by atoms with E-state index in [0.717, 1.165) is 46.3 Å². The lowest BCUT2D eigenvalue weighted by Gasteiger charge is -2.28. The molecule has 0 aliphatic rings. The van der Waals surface area contributed by atoms with Crippen LogP contribution in [0.25, 0.3) is 21.8 Å². The standard InChI is InChI=1S/C25H34ClN3O2/c1-16(2)13-29(14-17(3)4)15-19(30)12-27-25-21-8-6-18(26)10-24(21)28-23-9-7-20(31-5)11-22(23)25/h6-11,16-17,19,30H,12-15H2,1-5H3,(H,27,28). The maximum atomic E-state index is 10.8. The average molecular weight is 444 g/mol. The van der Waals surface area contributed by atoms with Gasteiger partial charge in [0.15, 0.2) is 0 Å². The number of anilines is 1. The summed E-state index contributed by atoms with van der Waals surface area (Å²) >= 11 is 6.21. The van der Waals surface area contributed by atoms with Gasteiger partial charge in [0.1, 0.15) is 5.75 Å². The number of benzene rings is 2. The molecule has 1 unspecified atom stereocenters. The van der Waals surface area contributed by atoms with E-state index in [2.05, 4.69) is 37.9 Å². The molecule has 0 saturated carbocycles. The van der Waals surface area contributed by atoms with Gasteiger partial charge < -0.3 is 20.1 Å². The van der Waals surface area contributed by atoms with Gasteiger partial charge in [-0.15, -0.1) is 0 Å². The minimum absolute atomic E-state index is 0.445. The second kappa shape index (κ2) is 10.5. The number of aliphatic hydroxyl groups excluding tert-OH is 1. The molecule has 0 radical (unpaired) electrons. The Labute approximate surface area is 190 Å². The number of hydrogen-bond donors (Lipinski definition) is 2. The van der Waals surface area contributed by atoms with Crippen LogP contribution in [0.3, 0.4) is 0 Å². The number of hydrogen-bond acceptors (Lipinski definition) is 5. The van der Waals surface area contributed by atoms with Crippen molar-refractivity contribution in [3.05, 3.63) is 41.4 Å². The summed E-state index contributed by atoms with van der Waals surface area (Å²) in [5.41, 5.74) is 2.62. The van der Waals surface area contributed by atoms with Crippen LogP contribution in [0.1, 0.15) is 27.7 Å². The highest BCUT2D eigenvalue weighted by Gasteiger charge is 2.16. The monoisotopic (exact) mass is 443 g/mol. The first-order chi connectivity index (χ1) is 14.8. The van der Waals surface area contributed by atoms with E-state index in [1.807, 2.05) is 36.4 Å². The van der Waals surface area contributed by atoms with Crippen LogP contribution in [0.5, 0.6) is 5.75 Å². The minimum Gasteiger partial charge on any atom is -0.497 e. The summed E-state index contributed by atoms with van der Waals surface area (Å²) in [5, 5.41) is 16.9. The summed E-state index contributed by atoms with van der Waals surface area (Å²) in [5.74, 6) is 1.89. The highest BCUT2D eigenvalue weighted by molar-refractivity contribution is 6.31. The Morgan fingerprint density at radius 3 is 2.32 bits per heavy atom. The third kappa shape index (κ3) is 6.22. The normalized spacial score (nSPS) is 13.0. The largest absolute Gasteiger partial charge is 0.497 e. The molecule has 0 amide bonds. The van der Waals surface area contributed by atoms with Gasteiger partial charge in [-0.3, -0.25) is 0 Å². The number of nitrogens with zero attached hydrogens (tertiary/aromatic N) is 2. The number of nitrogens with one attached hydrogen (secondary N) is 1. The first-order valence-electron chi connectivity index (χ1n) is 11.0. The Morgan fingerprint density at radius 2 is 1.68 bits per heavy atom. The molecule has 0 spiro atoms. The van der Waals surface area contributed by atoms with Gasteiger partial charge in [-0.25, -0.2) is 4.98 Å². The number of aromatic nitrogens is 1. The number of aliphatic hydroxyl groups is 1. The molecular weight excluding hydrogens is 410 g/mol. The number of halogens is 1. The second-order valence-corrected chi connectivity index (χ2v) is 9.51. The lowest BCUT2D eigenvalue weighted by molar-refractivity contribution is 0.107. The maximum Gasteiger partial charge on any atom is 0.119 e. The van der Waals surface area contributed by atoms with Crippen molar-refractivity contribution in [1.29, 1.82) is 0 Å². The van der Waals surface area contributed by atoms with Crippen LogP contribution in [0.15, 0.2) is 36.4 Å². The minimum atomic E-state index is -0.492. The summed E-state index contributed by atoms with van der Waals surface area (Å²) in [7, 11) is 1.66. The van der Waals surface area contributed by atoms with Crippen molar-refractivity contribution in [3.8, 4) is 5.75 Å². The van der Waals surface area contributed by atoms with E-state index in [9.17, 15) is 5.11 Å². The van der Waals surface area contributed by atoms with Crippen molar-refractivity contribution < 1.29 is 9.84 Å². The van der Waals surface area contributed by atoms with E-state index in [0.29, 0.717) is 29.9 Å². The first-order valence-corrected chi connectivity index (χ1v) is 11.4. The van der Waals surface area contributed by atoms with Crippen molar-refractivity contribution in [2.75, 3.05) is 38.6 Å². The first kappa shape index (κ1) is 23.6. The molecule has 2 N–H and O–H groups in total. The summed E-state index contributed by atoms with van der Waals surface area (Å²) in [6.07, 6.45) is -0.492. The van der Waals surface area contributed by atoms with Crippen LogP contribution >= 0.6 is 11.6 Å². The fourth-order valence-electron chi connectivity index (χ4n) is 4.05. The van der Waals surface area contributed by atoms with Gasteiger partial charge in [0.2, 0.25) is 0 Å². The van der Waals surface area contributed by atoms with Gasteiger partial charge in [0.05, 0.1) is 29.9 Å². The third-order valence-corrected chi connectivity index (χ3v) is 5.41. The molecule has 1 heterocycles. The fraction of sp³-hybridized carbons (Fsp3) is 0.480. The van der Waals surface area contributed by atoms with Crippen molar-refractivity contribution in [2.24, 2.45) is 11.8 Å². The molecule has 0 aliphatic carbocycles. The van der Waals surface area contributed by atoms with Crippen molar-refractivity contribution in [2.45, 2.75) is 33.8 Å². The molecule has 3 aromatic rings. The van der Waals surface area contributed by atoms with Crippen molar-refractivity contribution >= 4 is 39.1 Å². The molecular formula is C25H34ClN3O2. The number of rotatable bonds is 10. The molecule has 0 fully saturated rings. The zero-order chi connectivity index (χ0) is 22.5. The van der Waals surface area contributed by atoms with Gasteiger partial charge in [0, 0.05) is 42.0 Å². The smallest absolute Gasteiger partial charge is 0.119 e. The number of fused-ring (bicyclic) bond motifs is 2. The van der Waals surface area contributed by atoms with Crippen LogP contribution in [-0.4, -0.2) is 54.4 Å². The predicted molar refractivity (Wildman–Crippen MR) is 131 cm³/mol. The summed E-state index contributed by atoms with van der Waals surface area (Å²) in [6.45, 7) is 11.9. The summed E-state index contributed by atoms with van der Waals surface area (Å²) in [4.78, 5) is 7.12. The highest BCUT2D eigenvalue weighted by atomic mass is 35.5. The Morgan fingerprint density at radius 1 is 0.968 bits per heavy atom.